The Hall–Kier alpha value is -3.48. The highest BCUT2D eigenvalue weighted by atomic mass is 16.1. The first-order valence-corrected chi connectivity index (χ1v) is 8.17. The highest BCUT2D eigenvalue weighted by molar-refractivity contribution is 6.02. The number of amides is 1. The molecule has 0 saturated carbocycles. The average molecular weight is 348 g/mol. The highest BCUT2D eigenvalue weighted by Crippen LogP contribution is 2.16. The number of carbonyl (C=O) groups is 1. The zero-order valence-electron chi connectivity index (χ0n) is 14.7. The van der Waals surface area contributed by atoms with Crippen LogP contribution in [0.25, 0.3) is 0 Å². The molecule has 7 heteroatoms. The van der Waals surface area contributed by atoms with Gasteiger partial charge in [-0.1, -0.05) is 6.07 Å². The van der Waals surface area contributed by atoms with Crippen molar-refractivity contribution in [3.05, 3.63) is 72.2 Å². The largest absolute Gasteiger partial charge is 0.378 e. The highest BCUT2D eigenvalue weighted by Gasteiger charge is 2.09. The second-order valence-electron chi connectivity index (χ2n) is 5.91. The number of pyridine rings is 1. The molecule has 132 valence electrons. The van der Waals surface area contributed by atoms with E-state index in [-0.39, 0.29) is 11.6 Å². The van der Waals surface area contributed by atoms with Crippen LogP contribution in [0.2, 0.25) is 0 Å². The Balaban J connectivity index is 1.58. The Morgan fingerprint density at radius 1 is 1.04 bits per heavy atom. The average Bonchev–Trinajstić information content (AvgIpc) is 2.68. The number of anilines is 3. The van der Waals surface area contributed by atoms with Gasteiger partial charge in [-0.25, -0.2) is 0 Å². The third-order valence-corrected chi connectivity index (χ3v) is 3.74. The van der Waals surface area contributed by atoms with Crippen molar-refractivity contribution in [3.8, 4) is 0 Å². The standard InChI is InChI=1S/C19H20N6O/c1-25(2)16-7-5-15(6-8-16)22-19(26)17-9-10-18(24-23-17)21-13-14-4-3-11-20-12-14/h3-12H,13H2,1-2H3,(H,21,24)(H,22,26). The van der Waals surface area contributed by atoms with Gasteiger partial charge < -0.3 is 15.5 Å². The summed E-state index contributed by atoms with van der Waals surface area (Å²) in [6.45, 7) is 0.590. The van der Waals surface area contributed by atoms with E-state index in [0.717, 1.165) is 11.3 Å². The molecule has 0 spiro atoms. The lowest BCUT2D eigenvalue weighted by Gasteiger charge is -2.13. The van der Waals surface area contributed by atoms with Crippen molar-refractivity contribution in [2.75, 3.05) is 29.6 Å². The minimum Gasteiger partial charge on any atom is -0.378 e. The predicted octanol–water partition coefficient (Wildman–Crippen LogP) is 2.80. The van der Waals surface area contributed by atoms with Gasteiger partial charge in [0.15, 0.2) is 5.69 Å². The second kappa shape index (κ2) is 8.06. The molecule has 1 aromatic carbocycles. The van der Waals surface area contributed by atoms with Gasteiger partial charge in [-0.3, -0.25) is 9.78 Å². The first-order chi connectivity index (χ1) is 12.6. The number of hydrogen-bond donors (Lipinski definition) is 2. The van der Waals surface area contributed by atoms with E-state index in [1.807, 2.05) is 55.4 Å². The molecule has 26 heavy (non-hydrogen) atoms. The normalized spacial score (nSPS) is 10.2. The Morgan fingerprint density at radius 3 is 2.46 bits per heavy atom. The molecule has 7 nitrogen and oxygen atoms in total. The van der Waals surface area contributed by atoms with Crippen LogP contribution in [0.1, 0.15) is 16.1 Å². The molecule has 3 aromatic rings. The minimum absolute atomic E-state index is 0.258. The summed E-state index contributed by atoms with van der Waals surface area (Å²) in [5.41, 5.74) is 3.07. The topological polar surface area (TPSA) is 83.0 Å². The molecule has 0 radical (unpaired) electrons. The number of nitrogens with zero attached hydrogens (tertiary/aromatic N) is 4. The van der Waals surface area contributed by atoms with Crippen molar-refractivity contribution in [2.24, 2.45) is 0 Å². The molecule has 2 aromatic heterocycles. The lowest BCUT2D eigenvalue weighted by atomic mass is 10.2. The Labute approximate surface area is 152 Å². The van der Waals surface area contributed by atoms with Crippen LogP contribution < -0.4 is 15.5 Å². The van der Waals surface area contributed by atoms with E-state index in [4.69, 9.17) is 0 Å². The van der Waals surface area contributed by atoms with Crippen LogP contribution in [0, 0.1) is 0 Å². The molecular weight excluding hydrogens is 328 g/mol. The monoisotopic (exact) mass is 348 g/mol. The van der Waals surface area contributed by atoms with Crippen molar-refractivity contribution in [3.63, 3.8) is 0 Å². The number of aromatic nitrogens is 3. The summed E-state index contributed by atoms with van der Waals surface area (Å²) in [4.78, 5) is 18.3. The van der Waals surface area contributed by atoms with E-state index < -0.39 is 0 Å². The van der Waals surface area contributed by atoms with Gasteiger partial charge in [0, 0.05) is 44.4 Å². The maximum Gasteiger partial charge on any atom is 0.276 e. The van der Waals surface area contributed by atoms with Gasteiger partial charge in [-0.2, -0.15) is 0 Å². The SMILES string of the molecule is CN(C)c1ccc(NC(=O)c2ccc(NCc3cccnc3)nn2)cc1. The Kier molecular flexibility index (Phi) is 5.38. The molecule has 0 bridgehead atoms. The fraction of sp³-hybridized carbons (Fsp3) is 0.158. The van der Waals surface area contributed by atoms with E-state index in [9.17, 15) is 4.79 Å². The van der Waals surface area contributed by atoms with Gasteiger partial charge in [0.05, 0.1) is 0 Å². The van der Waals surface area contributed by atoms with Crippen LogP contribution in [0.4, 0.5) is 17.2 Å². The van der Waals surface area contributed by atoms with E-state index >= 15 is 0 Å². The maximum atomic E-state index is 12.3. The zero-order chi connectivity index (χ0) is 18.4. The van der Waals surface area contributed by atoms with Crippen molar-refractivity contribution in [2.45, 2.75) is 6.54 Å². The van der Waals surface area contributed by atoms with Gasteiger partial charge in [-0.05, 0) is 48.0 Å². The van der Waals surface area contributed by atoms with Gasteiger partial charge in [-0.15, -0.1) is 10.2 Å². The molecule has 2 heterocycles. The first-order valence-electron chi connectivity index (χ1n) is 8.17. The fourth-order valence-electron chi connectivity index (χ4n) is 2.28. The van der Waals surface area contributed by atoms with Gasteiger partial charge in [0.25, 0.3) is 5.91 Å². The molecular formula is C19H20N6O. The number of benzene rings is 1. The Morgan fingerprint density at radius 2 is 1.85 bits per heavy atom. The van der Waals surface area contributed by atoms with E-state index in [1.165, 1.54) is 0 Å². The minimum atomic E-state index is -0.297. The molecule has 0 unspecified atom stereocenters. The third kappa shape index (κ3) is 4.54. The molecule has 0 saturated heterocycles. The number of carbonyl (C=O) groups excluding carboxylic acids is 1. The van der Waals surface area contributed by atoms with Crippen molar-refractivity contribution < 1.29 is 4.79 Å². The molecule has 3 rings (SSSR count). The quantitative estimate of drug-likeness (QED) is 0.713. The molecule has 0 aliphatic rings. The second-order valence-corrected chi connectivity index (χ2v) is 5.91. The van der Waals surface area contributed by atoms with Crippen molar-refractivity contribution in [1.82, 2.24) is 15.2 Å². The molecule has 0 atom stereocenters. The van der Waals surface area contributed by atoms with Crippen LogP contribution in [0.15, 0.2) is 60.9 Å². The lowest BCUT2D eigenvalue weighted by Crippen LogP contribution is -2.15. The molecule has 0 fully saturated rings. The van der Waals surface area contributed by atoms with Crippen molar-refractivity contribution >= 4 is 23.1 Å². The summed E-state index contributed by atoms with van der Waals surface area (Å²) >= 11 is 0. The van der Waals surface area contributed by atoms with Gasteiger partial charge in [0.1, 0.15) is 5.82 Å². The maximum absolute atomic E-state index is 12.3. The summed E-state index contributed by atoms with van der Waals surface area (Å²) in [5.74, 6) is 0.301. The third-order valence-electron chi connectivity index (χ3n) is 3.74. The van der Waals surface area contributed by atoms with Crippen LogP contribution in [0.5, 0.6) is 0 Å². The zero-order valence-corrected chi connectivity index (χ0v) is 14.7. The van der Waals surface area contributed by atoms with Crippen molar-refractivity contribution in [1.29, 1.82) is 0 Å². The summed E-state index contributed by atoms with van der Waals surface area (Å²) in [7, 11) is 3.93. The number of hydrogen-bond acceptors (Lipinski definition) is 6. The van der Waals surface area contributed by atoms with Gasteiger partial charge in [0.2, 0.25) is 0 Å². The summed E-state index contributed by atoms with van der Waals surface area (Å²) in [5, 5.41) is 14.0. The summed E-state index contributed by atoms with van der Waals surface area (Å²) < 4.78 is 0. The van der Waals surface area contributed by atoms with Crippen LogP contribution in [-0.4, -0.2) is 35.2 Å². The lowest BCUT2D eigenvalue weighted by molar-refractivity contribution is 0.102. The molecule has 0 aliphatic heterocycles. The molecule has 1 amide bonds. The molecule has 2 N–H and O–H groups in total. The molecule has 0 aliphatic carbocycles. The summed E-state index contributed by atoms with van der Waals surface area (Å²) in [6, 6.07) is 14.8. The smallest absolute Gasteiger partial charge is 0.276 e. The van der Waals surface area contributed by atoms with E-state index in [1.54, 1.807) is 24.5 Å². The number of rotatable bonds is 6. The Bertz CT molecular complexity index is 847. The fourth-order valence-corrected chi connectivity index (χ4v) is 2.28. The van der Waals surface area contributed by atoms with E-state index in [2.05, 4.69) is 25.8 Å². The summed E-state index contributed by atoms with van der Waals surface area (Å²) in [6.07, 6.45) is 3.51. The number of nitrogens with one attached hydrogen (secondary N) is 2. The van der Waals surface area contributed by atoms with E-state index in [0.29, 0.717) is 18.1 Å². The van der Waals surface area contributed by atoms with Crippen LogP contribution >= 0.6 is 0 Å². The predicted molar refractivity (Wildman–Crippen MR) is 102 cm³/mol. The van der Waals surface area contributed by atoms with Crippen LogP contribution in [-0.2, 0) is 6.54 Å². The van der Waals surface area contributed by atoms with Crippen LogP contribution in [0.3, 0.4) is 0 Å². The first kappa shape index (κ1) is 17.3. The van der Waals surface area contributed by atoms with Gasteiger partial charge >= 0.3 is 0 Å².